The third-order valence-electron chi connectivity index (χ3n) is 7.44. The van der Waals surface area contributed by atoms with Gasteiger partial charge in [0.1, 0.15) is 30.9 Å². The van der Waals surface area contributed by atoms with Crippen molar-refractivity contribution in [2.24, 2.45) is 11.8 Å². The number of aryl methyl sites for hydroxylation is 2. The number of hydrogen-bond donors (Lipinski definition) is 1. The summed E-state index contributed by atoms with van der Waals surface area (Å²) in [5.74, 6) is 0.0204. The standard InChI is InChI=1S/C15H18ClN3O.C15H21NO4/c1-11(12-2-3-12)15(20,8-19-10-17-9-18-19)13-4-6-14(16)7-5-13;1-10-7-6-8-11(2)14(10)16(13(17)9-19-4)12(3)15(18)20-5/h4-7,9-12,20H,2-3,8H2,1H3;6-8,12H,9H2,1-5H3/t;12-/m.1/s1. The fourth-order valence-corrected chi connectivity index (χ4v) is 5.10. The van der Waals surface area contributed by atoms with Gasteiger partial charge in [-0.15, -0.1) is 0 Å². The highest BCUT2D eigenvalue weighted by Crippen LogP contribution is 2.46. The Morgan fingerprint density at radius 1 is 1.12 bits per heavy atom. The largest absolute Gasteiger partial charge is 0.467 e. The van der Waals surface area contributed by atoms with Crippen molar-refractivity contribution in [3.63, 3.8) is 0 Å². The number of rotatable bonds is 10. The van der Waals surface area contributed by atoms with Crippen LogP contribution in [0.25, 0.3) is 0 Å². The highest BCUT2D eigenvalue weighted by atomic mass is 35.5. The second-order valence-electron chi connectivity index (χ2n) is 10.3. The highest BCUT2D eigenvalue weighted by molar-refractivity contribution is 6.30. The molecule has 3 aromatic rings. The Labute approximate surface area is 241 Å². The molecule has 0 aliphatic heterocycles. The fraction of sp³-hybridized carbons (Fsp3) is 0.467. The molecule has 0 bridgehead atoms. The van der Waals surface area contributed by atoms with Crippen molar-refractivity contribution in [3.05, 3.63) is 76.8 Å². The van der Waals surface area contributed by atoms with Gasteiger partial charge in [0.15, 0.2) is 0 Å². The minimum absolute atomic E-state index is 0.0882. The molecule has 4 rings (SSSR count). The van der Waals surface area contributed by atoms with Crippen LogP contribution >= 0.6 is 11.6 Å². The Morgan fingerprint density at radius 2 is 1.75 bits per heavy atom. The summed E-state index contributed by atoms with van der Waals surface area (Å²) in [6.45, 7) is 7.88. The zero-order chi connectivity index (χ0) is 29.4. The number of anilines is 1. The summed E-state index contributed by atoms with van der Waals surface area (Å²) in [6, 6.07) is 12.5. The molecule has 0 spiro atoms. The molecule has 10 heteroatoms. The number of amides is 1. The third kappa shape index (κ3) is 7.47. The number of hydrogen-bond acceptors (Lipinski definition) is 7. The monoisotopic (exact) mass is 570 g/mol. The zero-order valence-corrected chi connectivity index (χ0v) is 24.8. The molecule has 3 atom stereocenters. The van der Waals surface area contributed by atoms with E-state index in [1.54, 1.807) is 17.9 Å². The number of carbonyl (C=O) groups is 2. The minimum atomic E-state index is -0.945. The molecule has 1 N–H and O–H groups in total. The van der Waals surface area contributed by atoms with Crippen molar-refractivity contribution in [2.75, 3.05) is 25.7 Å². The number of para-hydroxylation sites is 1. The van der Waals surface area contributed by atoms with E-state index in [0.717, 1.165) is 22.4 Å². The molecule has 40 heavy (non-hydrogen) atoms. The summed E-state index contributed by atoms with van der Waals surface area (Å²) in [5, 5.41) is 16.1. The van der Waals surface area contributed by atoms with Crippen LogP contribution in [0.4, 0.5) is 5.69 Å². The lowest BCUT2D eigenvalue weighted by atomic mass is 9.79. The molecule has 1 aromatic heterocycles. The van der Waals surface area contributed by atoms with Crippen molar-refractivity contribution >= 4 is 29.2 Å². The number of halogens is 1. The third-order valence-corrected chi connectivity index (χ3v) is 7.69. The van der Waals surface area contributed by atoms with E-state index in [4.69, 9.17) is 21.1 Å². The fourth-order valence-electron chi connectivity index (χ4n) is 4.97. The van der Waals surface area contributed by atoms with Crippen LogP contribution in [0.2, 0.25) is 5.02 Å². The topological polar surface area (TPSA) is 107 Å². The number of aliphatic hydroxyl groups is 1. The summed E-state index contributed by atoms with van der Waals surface area (Å²) in [5.41, 5.74) is 2.51. The number of aromatic nitrogens is 3. The van der Waals surface area contributed by atoms with Crippen LogP contribution in [0.5, 0.6) is 0 Å². The summed E-state index contributed by atoms with van der Waals surface area (Å²) >= 11 is 5.95. The average molecular weight is 571 g/mol. The minimum Gasteiger partial charge on any atom is -0.467 e. The second kappa shape index (κ2) is 13.9. The smallest absolute Gasteiger partial charge is 0.328 e. The molecule has 2 aromatic carbocycles. The molecule has 9 nitrogen and oxygen atoms in total. The quantitative estimate of drug-likeness (QED) is 0.352. The molecule has 1 aliphatic carbocycles. The predicted octanol–water partition coefficient (Wildman–Crippen LogP) is 4.71. The lowest BCUT2D eigenvalue weighted by molar-refractivity contribution is -0.143. The van der Waals surface area contributed by atoms with Crippen LogP contribution in [-0.4, -0.2) is 58.6 Å². The van der Waals surface area contributed by atoms with E-state index >= 15 is 0 Å². The highest BCUT2D eigenvalue weighted by Gasteiger charge is 2.44. The van der Waals surface area contributed by atoms with Gasteiger partial charge in [-0.05, 0) is 74.3 Å². The molecule has 216 valence electrons. The molecule has 1 saturated carbocycles. The van der Waals surface area contributed by atoms with E-state index in [1.807, 2.05) is 56.3 Å². The van der Waals surface area contributed by atoms with Crippen molar-refractivity contribution in [1.82, 2.24) is 14.8 Å². The normalized spacial score (nSPS) is 15.7. The van der Waals surface area contributed by atoms with Gasteiger partial charge in [-0.1, -0.05) is 48.9 Å². The number of methoxy groups -OCH3 is 2. The van der Waals surface area contributed by atoms with E-state index < -0.39 is 17.6 Å². The van der Waals surface area contributed by atoms with Crippen LogP contribution in [0, 0.1) is 25.7 Å². The van der Waals surface area contributed by atoms with Gasteiger partial charge >= 0.3 is 5.97 Å². The first-order chi connectivity index (χ1) is 19.0. The maximum Gasteiger partial charge on any atom is 0.328 e. The van der Waals surface area contributed by atoms with Gasteiger partial charge in [-0.25, -0.2) is 14.5 Å². The van der Waals surface area contributed by atoms with Crippen LogP contribution in [0.1, 0.15) is 43.4 Å². The van der Waals surface area contributed by atoms with Crippen LogP contribution < -0.4 is 4.90 Å². The Kier molecular flexibility index (Phi) is 10.8. The number of benzene rings is 2. The van der Waals surface area contributed by atoms with Gasteiger partial charge in [0.2, 0.25) is 0 Å². The number of carbonyl (C=O) groups excluding carboxylic acids is 2. The SMILES string of the molecule is CC(C1CC1)C(O)(Cn1cncn1)c1ccc(Cl)cc1.COCC(=O)N(c1c(C)cccc1C)[C@H](C)C(=O)OC. The van der Waals surface area contributed by atoms with Gasteiger partial charge < -0.3 is 14.6 Å². The van der Waals surface area contributed by atoms with Crippen molar-refractivity contribution in [2.45, 2.75) is 58.7 Å². The van der Waals surface area contributed by atoms with Crippen LogP contribution in [0.3, 0.4) is 0 Å². The maximum atomic E-state index is 12.3. The molecule has 1 heterocycles. The first-order valence-corrected chi connectivity index (χ1v) is 13.7. The molecule has 1 amide bonds. The number of ether oxygens (including phenoxy) is 2. The summed E-state index contributed by atoms with van der Waals surface area (Å²) in [4.78, 5) is 29.5. The maximum absolute atomic E-state index is 12.3. The number of nitrogens with zero attached hydrogens (tertiary/aromatic N) is 4. The molecule has 0 saturated heterocycles. The first-order valence-electron chi connectivity index (χ1n) is 13.3. The van der Waals surface area contributed by atoms with E-state index in [1.165, 1.54) is 38.3 Å². The molecule has 1 fully saturated rings. The van der Waals surface area contributed by atoms with Crippen molar-refractivity contribution in [1.29, 1.82) is 0 Å². The van der Waals surface area contributed by atoms with Crippen molar-refractivity contribution < 1.29 is 24.2 Å². The molecular formula is C30H39ClN4O5. The first kappa shape index (κ1) is 31.3. The van der Waals surface area contributed by atoms with Gasteiger partial charge in [-0.2, -0.15) is 5.10 Å². The van der Waals surface area contributed by atoms with Gasteiger partial charge in [0.05, 0.1) is 19.3 Å². The van der Waals surface area contributed by atoms with Crippen molar-refractivity contribution in [3.8, 4) is 0 Å². The Bertz CT molecular complexity index is 1240. The Hall–Kier alpha value is -3.27. The van der Waals surface area contributed by atoms with Gasteiger partial charge in [0, 0.05) is 12.1 Å². The molecule has 1 aliphatic rings. The van der Waals surface area contributed by atoms with E-state index in [9.17, 15) is 14.7 Å². The Balaban J connectivity index is 0.000000220. The molecule has 2 unspecified atom stereocenters. The summed E-state index contributed by atoms with van der Waals surface area (Å²) in [7, 11) is 2.76. The zero-order valence-electron chi connectivity index (χ0n) is 24.0. The Morgan fingerprint density at radius 3 is 2.25 bits per heavy atom. The van der Waals surface area contributed by atoms with Crippen LogP contribution in [0.15, 0.2) is 55.1 Å². The molecule has 0 radical (unpaired) electrons. The predicted molar refractivity (Wildman–Crippen MR) is 154 cm³/mol. The summed E-state index contributed by atoms with van der Waals surface area (Å²) < 4.78 is 11.3. The average Bonchev–Trinajstić information content (AvgIpc) is 3.66. The van der Waals surface area contributed by atoms with Crippen LogP contribution in [-0.2, 0) is 31.2 Å². The van der Waals surface area contributed by atoms with E-state index in [0.29, 0.717) is 17.5 Å². The van der Waals surface area contributed by atoms with E-state index in [-0.39, 0.29) is 18.4 Å². The van der Waals surface area contributed by atoms with Gasteiger partial charge in [-0.3, -0.25) is 9.69 Å². The summed E-state index contributed by atoms with van der Waals surface area (Å²) in [6.07, 6.45) is 5.51. The lowest BCUT2D eigenvalue weighted by Crippen LogP contribution is -2.46. The van der Waals surface area contributed by atoms with E-state index in [2.05, 4.69) is 17.0 Å². The second-order valence-corrected chi connectivity index (χ2v) is 10.7. The molecular weight excluding hydrogens is 532 g/mol. The lowest BCUT2D eigenvalue weighted by Gasteiger charge is -2.35. The number of esters is 1. The van der Waals surface area contributed by atoms with Gasteiger partial charge in [0.25, 0.3) is 5.91 Å².